The van der Waals surface area contributed by atoms with Crippen molar-refractivity contribution in [3.8, 4) is 0 Å². The zero-order valence-electron chi connectivity index (χ0n) is 19.7. The molecule has 0 aliphatic heterocycles. The number of hydrogen-bond acceptors (Lipinski definition) is 3. The molecular formula is C24H46NO6+. The number of carbonyl (C=O) groups is 3. The van der Waals surface area contributed by atoms with Crippen LogP contribution in [-0.4, -0.2) is 63.9 Å². The summed E-state index contributed by atoms with van der Waals surface area (Å²) in [6.07, 6.45) is 15.9. The minimum atomic E-state index is -0.932. The molecule has 0 amide bonds. The van der Waals surface area contributed by atoms with Gasteiger partial charge in [0.15, 0.2) is 0 Å². The molecule has 0 aliphatic rings. The highest BCUT2D eigenvalue weighted by Crippen LogP contribution is 2.17. The van der Waals surface area contributed by atoms with Gasteiger partial charge in [-0.25, -0.2) is 0 Å². The molecule has 0 heterocycles. The van der Waals surface area contributed by atoms with Crippen molar-refractivity contribution in [3.05, 3.63) is 0 Å². The Labute approximate surface area is 188 Å². The Hall–Kier alpha value is -1.63. The maximum absolute atomic E-state index is 11.1. The van der Waals surface area contributed by atoms with Crippen LogP contribution in [0.1, 0.15) is 110 Å². The third-order valence-electron chi connectivity index (χ3n) is 6.14. The first-order chi connectivity index (χ1) is 14.8. The van der Waals surface area contributed by atoms with Gasteiger partial charge in [-0.3, -0.25) is 14.4 Å². The summed E-state index contributed by atoms with van der Waals surface area (Å²) in [5, 5.41) is 27.2. The zero-order valence-corrected chi connectivity index (χ0v) is 19.7. The molecule has 0 aromatic rings. The Morgan fingerprint density at radius 3 is 1.06 bits per heavy atom. The summed E-state index contributed by atoms with van der Waals surface area (Å²) in [6.45, 7) is 3.74. The third kappa shape index (κ3) is 18.8. The van der Waals surface area contributed by atoms with E-state index in [1.807, 2.05) is 0 Å². The quantitative estimate of drug-likeness (QED) is 0.145. The first-order valence-corrected chi connectivity index (χ1v) is 12.3. The lowest BCUT2D eigenvalue weighted by atomic mass is 10.0. The first-order valence-electron chi connectivity index (χ1n) is 12.3. The van der Waals surface area contributed by atoms with E-state index < -0.39 is 17.9 Å². The lowest BCUT2D eigenvalue weighted by Gasteiger charge is -2.38. The van der Waals surface area contributed by atoms with Gasteiger partial charge in [-0.2, -0.15) is 0 Å². The van der Waals surface area contributed by atoms with Crippen molar-refractivity contribution in [1.29, 1.82) is 0 Å². The van der Waals surface area contributed by atoms with Gasteiger partial charge in [0.25, 0.3) is 0 Å². The van der Waals surface area contributed by atoms with Crippen LogP contribution in [-0.2, 0) is 14.4 Å². The number of rotatable bonds is 23. The van der Waals surface area contributed by atoms with Crippen LogP contribution in [0.4, 0.5) is 0 Å². The normalized spacial score (nSPS) is 11.5. The lowest BCUT2D eigenvalue weighted by molar-refractivity contribution is -0.927. The molecule has 0 bridgehead atoms. The second-order valence-corrected chi connectivity index (χ2v) is 8.91. The number of carboxylic acid groups (broad SMARTS) is 3. The Morgan fingerprint density at radius 2 is 0.774 bits per heavy atom. The van der Waals surface area contributed by atoms with Crippen LogP contribution in [0.5, 0.6) is 0 Å². The summed E-state index contributed by atoms with van der Waals surface area (Å²) >= 11 is 0. The molecule has 0 aromatic heterocycles. The van der Waals surface area contributed by atoms with Crippen LogP contribution < -0.4 is 0 Å². The van der Waals surface area contributed by atoms with E-state index in [1.54, 1.807) is 0 Å². The van der Waals surface area contributed by atoms with Gasteiger partial charge in [-0.15, -0.1) is 0 Å². The van der Waals surface area contributed by atoms with E-state index in [0.29, 0.717) is 6.54 Å². The molecule has 0 saturated carbocycles. The summed E-state index contributed by atoms with van der Waals surface area (Å²) in [4.78, 5) is 33.2. The van der Waals surface area contributed by atoms with E-state index in [2.05, 4.69) is 6.92 Å². The Bertz CT molecular complexity index is 449. The van der Waals surface area contributed by atoms with Crippen molar-refractivity contribution in [3.63, 3.8) is 0 Å². The molecule has 0 aliphatic carbocycles. The van der Waals surface area contributed by atoms with Crippen LogP contribution in [0.15, 0.2) is 0 Å². The molecule has 0 unspecified atom stereocenters. The van der Waals surface area contributed by atoms with Crippen LogP contribution in [0, 0.1) is 0 Å². The summed E-state index contributed by atoms with van der Waals surface area (Å²) in [5.74, 6) is -2.80. The highest BCUT2D eigenvalue weighted by molar-refractivity contribution is 5.67. The number of quaternary nitrogens is 1. The molecule has 0 aromatic carbocycles. The van der Waals surface area contributed by atoms with E-state index in [0.717, 1.165) is 19.3 Å². The molecule has 7 heteroatoms. The summed E-state index contributed by atoms with van der Waals surface area (Å²) in [5.41, 5.74) is 0. The molecule has 31 heavy (non-hydrogen) atoms. The van der Waals surface area contributed by atoms with Crippen molar-refractivity contribution in [2.45, 2.75) is 110 Å². The predicted molar refractivity (Wildman–Crippen MR) is 122 cm³/mol. The van der Waals surface area contributed by atoms with E-state index in [9.17, 15) is 14.4 Å². The SMILES string of the molecule is CCCCCCCCCCCCCCC[N+](CCC(=O)O)(CCC(=O)O)CCC(=O)O. The number of hydrogen-bond donors (Lipinski definition) is 3. The molecule has 182 valence electrons. The number of carboxylic acids is 3. The van der Waals surface area contributed by atoms with E-state index in [4.69, 9.17) is 15.3 Å². The summed E-state index contributed by atoms with van der Waals surface area (Å²) in [6, 6.07) is 0. The van der Waals surface area contributed by atoms with Crippen LogP contribution in [0.2, 0.25) is 0 Å². The summed E-state index contributed by atoms with van der Waals surface area (Å²) in [7, 11) is 0. The Morgan fingerprint density at radius 1 is 0.484 bits per heavy atom. The van der Waals surface area contributed by atoms with Crippen molar-refractivity contribution in [1.82, 2.24) is 0 Å². The van der Waals surface area contributed by atoms with Crippen LogP contribution in [0.25, 0.3) is 0 Å². The fourth-order valence-electron chi connectivity index (χ4n) is 4.13. The van der Waals surface area contributed by atoms with Crippen molar-refractivity contribution in [2.24, 2.45) is 0 Å². The lowest BCUT2D eigenvalue weighted by Crippen LogP contribution is -2.52. The molecule has 0 spiro atoms. The van der Waals surface area contributed by atoms with E-state index in [-0.39, 0.29) is 43.4 Å². The number of unbranched alkanes of at least 4 members (excludes halogenated alkanes) is 12. The van der Waals surface area contributed by atoms with Crippen molar-refractivity contribution >= 4 is 17.9 Å². The zero-order chi connectivity index (χ0) is 23.4. The van der Waals surface area contributed by atoms with Gasteiger partial charge in [0, 0.05) is 0 Å². The van der Waals surface area contributed by atoms with Gasteiger partial charge in [0.2, 0.25) is 0 Å². The maximum Gasteiger partial charge on any atom is 0.309 e. The minimum absolute atomic E-state index is 0.0717. The van der Waals surface area contributed by atoms with Crippen LogP contribution >= 0.6 is 0 Å². The van der Waals surface area contributed by atoms with Crippen molar-refractivity contribution in [2.75, 3.05) is 26.2 Å². The highest BCUT2D eigenvalue weighted by atomic mass is 16.4. The Kier molecular flexibility index (Phi) is 18.1. The molecular weight excluding hydrogens is 398 g/mol. The Balaban J connectivity index is 4.22. The minimum Gasteiger partial charge on any atom is -0.481 e. The van der Waals surface area contributed by atoms with Gasteiger partial charge in [-0.05, 0) is 12.8 Å². The fraction of sp³-hybridized carbons (Fsp3) is 0.875. The second-order valence-electron chi connectivity index (χ2n) is 8.91. The average molecular weight is 445 g/mol. The molecule has 0 atom stereocenters. The van der Waals surface area contributed by atoms with Gasteiger partial charge in [0.05, 0.1) is 45.4 Å². The largest absolute Gasteiger partial charge is 0.481 e. The number of aliphatic carboxylic acids is 3. The van der Waals surface area contributed by atoms with Crippen molar-refractivity contribution < 1.29 is 34.2 Å². The van der Waals surface area contributed by atoms with E-state index in [1.165, 1.54) is 64.2 Å². The average Bonchev–Trinajstić information content (AvgIpc) is 2.72. The maximum atomic E-state index is 11.1. The van der Waals surface area contributed by atoms with Gasteiger partial charge in [-0.1, -0.05) is 77.6 Å². The molecule has 7 nitrogen and oxygen atoms in total. The van der Waals surface area contributed by atoms with Gasteiger partial charge in [0.1, 0.15) is 0 Å². The predicted octanol–water partition coefficient (Wildman–Crippen LogP) is 5.32. The molecule has 0 rings (SSSR count). The molecule has 0 radical (unpaired) electrons. The monoisotopic (exact) mass is 444 g/mol. The second kappa shape index (κ2) is 19.1. The van der Waals surface area contributed by atoms with Gasteiger partial charge >= 0.3 is 17.9 Å². The third-order valence-corrected chi connectivity index (χ3v) is 6.14. The molecule has 0 saturated heterocycles. The van der Waals surface area contributed by atoms with E-state index >= 15 is 0 Å². The topological polar surface area (TPSA) is 112 Å². The first kappa shape index (κ1) is 29.4. The smallest absolute Gasteiger partial charge is 0.309 e. The fourth-order valence-corrected chi connectivity index (χ4v) is 4.13. The molecule has 3 N–H and O–H groups in total. The summed E-state index contributed by atoms with van der Waals surface area (Å²) < 4.78 is 0.267. The molecule has 0 fully saturated rings. The highest BCUT2D eigenvalue weighted by Gasteiger charge is 2.29. The standard InChI is InChI=1S/C24H45NO6/c1-2-3-4-5-6-7-8-9-10-11-12-13-14-18-25(19-15-22(26)27,20-16-23(28)29)21-17-24(30)31/h2-21H2,1H3,(H2-,26,27,28,29,30,31)/p+1. The number of nitrogens with zero attached hydrogens (tertiary/aromatic N) is 1. The van der Waals surface area contributed by atoms with Crippen LogP contribution in [0.3, 0.4) is 0 Å². The van der Waals surface area contributed by atoms with Gasteiger partial charge < -0.3 is 19.8 Å².